The fourth-order valence-corrected chi connectivity index (χ4v) is 5.80. The molecule has 2 N–H and O–H groups in total. The van der Waals surface area contributed by atoms with Gasteiger partial charge in [-0.25, -0.2) is 14.6 Å². The minimum atomic E-state index is -1.52. The van der Waals surface area contributed by atoms with Crippen LogP contribution in [0.25, 0.3) is 11.3 Å². The van der Waals surface area contributed by atoms with Crippen molar-refractivity contribution in [1.29, 1.82) is 0 Å². The van der Waals surface area contributed by atoms with E-state index in [1.54, 1.807) is 44.4 Å². The number of hydrogen-bond donors (Lipinski definition) is 2. The van der Waals surface area contributed by atoms with E-state index in [9.17, 15) is 19.7 Å². The van der Waals surface area contributed by atoms with Crippen LogP contribution in [0, 0.1) is 10.1 Å². The van der Waals surface area contributed by atoms with Crippen LogP contribution in [0.3, 0.4) is 0 Å². The van der Waals surface area contributed by atoms with Crippen LogP contribution in [0.2, 0.25) is 0 Å². The molecule has 0 saturated carbocycles. The third kappa shape index (κ3) is 5.22. The molecular formula is C28H30N4O6S. The number of hydrogen-bond acceptors (Lipinski definition) is 10. The van der Waals surface area contributed by atoms with E-state index in [1.807, 2.05) is 37.3 Å². The van der Waals surface area contributed by atoms with Crippen molar-refractivity contribution in [1.82, 2.24) is 10.3 Å². The highest BCUT2D eigenvalue weighted by molar-refractivity contribution is 7.14. The molecule has 0 saturated heterocycles. The summed E-state index contributed by atoms with van der Waals surface area (Å²) in [5.74, 6) is -1.92. The Labute approximate surface area is 230 Å². The molecule has 4 rings (SSSR count). The van der Waals surface area contributed by atoms with Crippen LogP contribution in [-0.4, -0.2) is 46.6 Å². The standard InChI is InChI=1S/C28H30N4O6S/c1-5-37-25(33)23-17(3)29-18(4)28(26(34)38-6-2,24(23)19-12-8-7-9-13-19)31-27-30-21(16-39-27)20-14-10-11-15-22(20)32(35)36/h7-16,18,24,29H,5-6H2,1-4H3,(H,30,31). The molecule has 0 radical (unpaired) electrons. The second kappa shape index (κ2) is 11.6. The molecule has 2 aromatic carbocycles. The number of allylic oxidation sites excluding steroid dienone is 1. The molecule has 39 heavy (non-hydrogen) atoms. The Morgan fingerprint density at radius 1 is 1.10 bits per heavy atom. The number of thiazole rings is 1. The summed E-state index contributed by atoms with van der Waals surface area (Å²) in [6.45, 7) is 7.34. The first kappa shape index (κ1) is 27.8. The summed E-state index contributed by atoms with van der Waals surface area (Å²) in [5, 5.41) is 20.2. The van der Waals surface area contributed by atoms with E-state index in [-0.39, 0.29) is 18.9 Å². The number of nitrogens with zero attached hydrogens (tertiary/aromatic N) is 2. The zero-order chi connectivity index (χ0) is 28.2. The van der Waals surface area contributed by atoms with Crippen LogP contribution in [0.1, 0.15) is 39.2 Å². The van der Waals surface area contributed by atoms with E-state index < -0.39 is 34.4 Å². The van der Waals surface area contributed by atoms with Crippen molar-refractivity contribution in [3.05, 3.63) is 86.9 Å². The van der Waals surface area contributed by atoms with Crippen LogP contribution < -0.4 is 10.6 Å². The van der Waals surface area contributed by atoms with Crippen molar-refractivity contribution in [2.75, 3.05) is 18.5 Å². The molecule has 0 aliphatic carbocycles. The molecule has 0 bridgehead atoms. The van der Waals surface area contributed by atoms with Gasteiger partial charge in [-0.05, 0) is 39.3 Å². The topological polar surface area (TPSA) is 133 Å². The summed E-state index contributed by atoms with van der Waals surface area (Å²) in [5.41, 5.74) is 0.759. The molecule has 1 aliphatic rings. The molecular weight excluding hydrogens is 520 g/mol. The van der Waals surface area contributed by atoms with Crippen LogP contribution in [0.15, 0.2) is 71.2 Å². The average molecular weight is 551 g/mol. The quantitative estimate of drug-likeness (QED) is 0.213. The summed E-state index contributed by atoms with van der Waals surface area (Å²) >= 11 is 1.20. The lowest BCUT2D eigenvalue weighted by Gasteiger charge is -2.48. The number of carbonyl (C=O) groups is 2. The van der Waals surface area contributed by atoms with E-state index in [2.05, 4.69) is 15.6 Å². The number of benzene rings is 2. The van der Waals surface area contributed by atoms with Gasteiger partial charge >= 0.3 is 11.9 Å². The molecule has 204 valence electrons. The lowest BCUT2D eigenvalue weighted by atomic mass is 9.68. The van der Waals surface area contributed by atoms with E-state index in [1.165, 1.54) is 17.4 Å². The van der Waals surface area contributed by atoms with Gasteiger partial charge < -0.3 is 20.1 Å². The van der Waals surface area contributed by atoms with Gasteiger partial charge in [0.15, 0.2) is 10.7 Å². The number of nitro benzene ring substituents is 1. The van der Waals surface area contributed by atoms with Crippen molar-refractivity contribution < 1.29 is 24.0 Å². The number of carbonyl (C=O) groups excluding carboxylic acids is 2. The van der Waals surface area contributed by atoms with E-state index >= 15 is 0 Å². The number of aromatic nitrogens is 1. The first-order valence-corrected chi connectivity index (χ1v) is 13.5. The summed E-state index contributed by atoms with van der Waals surface area (Å²) in [6, 6.07) is 15.0. The Morgan fingerprint density at radius 3 is 2.44 bits per heavy atom. The van der Waals surface area contributed by atoms with Crippen molar-refractivity contribution in [2.24, 2.45) is 0 Å². The highest BCUT2D eigenvalue weighted by Gasteiger charge is 2.58. The minimum Gasteiger partial charge on any atom is -0.464 e. The Kier molecular flexibility index (Phi) is 8.29. The van der Waals surface area contributed by atoms with Gasteiger partial charge in [0.05, 0.1) is 46.9 Å². The van der Waals surface area contributed by atoms with Gasteiger partial charge in [0.2, 0.25) is 0 Å². The molecule has 2 heterocycles. The van der Waals surface area contributed by atoms with Gasteiger partial charge in [-0.1, -0.05) is 42.5 Å². The first-order chi connectivity index (χ1) is 18.7. The molecule has 1 aliphatic heterocycles. The number of esters is 2. The summed E-state index contributed by atoms with van der Waals surface area (Å²) < 4.78 is 11.0. The molecule has 0 spiro atoms. The minimum absolute atomic E-state index is 0.0764. The van der Waals surface area contributed by atoms with Crippen molar-refractivity contribution in [3.8, 4) is 11.3 Å². The number of para-hydroxylation sites is 1. The van der Waals surface area contributed by atoms with Gasteiger partial charge in [-0.3, -0.25) is 10.1 Å². The van der Waals surface area contributed by atoms with E-state index in [0.29, 0.717) is 33.2 Å². The van der Waals surface area contributed by atoms with Crippen molar-refractivity contribution in [3.63, 3.8) is 0 Å². The summed E-state index contributed by atoms with van der Waals surface area (Å²) in [6.07, 6.45) is 0. The van der Waals surface area contributed by atoms with Gasteiger partial charge in [-0.2, -0.15) is 0 Å². The van der Waals surface area contributed by atoms with Crippen LogP contribution in [-0.2, 0) is 19.1 Å². The summed E-state index contributed by atoms with van der Waals surface area (Å²) in [4.78, 5) is 43.1. The highest BCUT2D eigenvalue weighted by Crippen LogP contribution is 2.46. The van der Waals surface area contributed by atoms with Gasteiger partial charge in [0.25, 0.3) is 5.69 Å². The van der Waals surface area contributed by atoms with Crippen LogP contribution in [0.5, 0.6) is 0 Å². The van der Waals surface area contributed by atoms with Crippen LogP contribution >= 0.6 is 11.3 Å². The lowest BCUT2D eigenvalue weighted by Crippen LogP contribution is -2.66. The maximum atomic E-state index is 14.0. The number of rotatable bonds is 9. The molecule has 3 unspecified atom stereocenters. The second-order valence-corrected chi connectivity index (χ2v) is 9.85. The SMILES string of the molecule is CCOC(=O)C1=C(C)NC(C)C(Nc2nc(-c3ccccc3[N+](=O)[O-])cs2)(C(=O)OCC)C1c1ccccc1. The third-order valence-corrected chi connectivity index (χ3v) is 7.46. The zero-order valence-corrected chi connectivity index (χ0v) is 22.9. The van der Waals surface area contributed by atoms with Gasteiger partial charge in [0.1, 0.15) is 0 Å². The van der Waals surface area contributed by atoms with Crippen molar-refractivity contribution >= 4 is 34.1 Å². The molecule has 11 heteroatoms. The predicted molar refractivity (Wildman–Crippen MR) is 148 cm³/mol. The first-order valence-electron chi connectivity index (χ1n) is 12.6. The molecule has 10 nitrogen and oxygen atoms in total. The largest absolute Gasteiger partial charge is 0.464 e. The zero-order valence-electron chi connectivity index (χ0n) is 22.1. The Hall–Kier alpha value is -4.25. The Morgan fingerprint density at radius 2 is 1.77 bits per heavy atom. The fourth-order valence-electron chi connectivity index (χ4n) is 5.02. The molecule has 3 aromatic rings. The van der Waals surface area contributed by atoms with Gasteiger partial charge in [0, 0.05) is 17.1 Å². The van der Waals surface area contributed by atoms with Crippen LogP contribution in [0.4, 0.5) is 10.8 Å². The highest BCUT2D eigenvalue weighted by atomic mass is 32.1. The second-order valence-electron chi connectivity index (χ2n) is 9.00. The number of nitrogens with one attached hydrogen (secondary N) is 2. The third-order valence-electron chi connectivity index (χ3n) is 6.70. The number of anilines is 1. The number of ether oxygens (including phenoxy) is 2. The molecule has 1 aromatic heterocycles. The Bertz CT molecular complexity index is 1410. The van der Waals surface area contributed by atoms with E-state index in [4.69, 9.17) is 9.47 Å². The average Bonchev–Trinajstić information content (AvgIpc) is 3.38. The maximum Gasteiger partial charge on any atom is 0.336 e. The predicted octanol–water partition coefficient (Wildman–Crippen LogP) is 5.04. The monoisotopic (exact) mass is 550 g/mol. The maximum absolute atomic E-state index is 14.0. The van der Waals surface area contributed by atoms with E-state index in [0.717, 1.165) is 0 Å². The normalized spacial score (nSPS) is 20.6. The van der Waals surface area contributed by atoms with Gasteiger partial charge in [-0.15, -0.1) is 11.3 Å². The number of nitro groups is 1. The molecule has 0 fully saturated rings. The molecule has 0 amide bonds. The smallest absolute Gasteiger partial charge is 0.336 e. The summed E-state index contributed by atoms with van der Waals surface area (Å²) in [7, 11) is 0. The lowest BCUT2D eigenvalue weighted by molar-refractivity contribution is -0.384. The Balaban J connectivity index is 1.90. The molecule has 3 atom stereocenters. The van der Waals surface area contributed by atoms with Crippen molar-refractivity contribution in [2.45, 2.75) is 45.2 Å². The fraction of sp³-hybridized carbons (Fsp3) is 0.321.